The molecule has 0 saturated carbocycles. The molecule has 0 bridgehead atoms. The molecular formula is C9H11ClO2S2. The summed E-state index contributed by atoms with van der Waals surface area (Å²) < 4.78 is 0. The molecule has 1 atom stereocenters. The third-order valence-corrected chi connectivity index (χ3v) is 4.84. The zero-order chi connectivity index (χ0) is 8.39. The van der Waals surface area contributed by atoms with Gasteiger partial charge in [-0.15, -0.1) is 0 Å². The molecule has 4 N–H and O–H groups in total. The van der Waals surface area contributed by atoms with Gasteiger partial charge in [-0.1, -0.05) is 30.3 Å². The van der Waals surface area contributed by atoms with Crippen molar-refractivity contribution in [3.63, 3.8) is 0 Å². The number of hydrogen-bond acceptors (Lipinski definition) is 1. The minimum atomic E-state index is -0.132. The molecule has 2 nitrogen and oxygen atoms in total. The van der Waals surface area contributed by atoms with E-state index < -0.39 is 0 Å². The lowest BCUT2D eigenvalue weighted by Crippen LogP contribution is -1.73. The summed E-state index contributed by atoms with van der Waals surface area (Å²) in [5.41, 5.74) is 1.26. The Labute approximate surface area is 93.4 Å². The first-order valence-electron chi connectivity index (χ1n) is 3.54. The van der Waals surface area contributed by atoms with E-state index in [1.165, 1.54) is 10.5 Å². The van der Waals surface area contributed by atoms with Crippen LogP contribution in [-0.2, 0) is 0 Å². The summed E-state index contributed by atoms with van der Waals surface area (Å²) in [5.74, 6) is 0. The van der Waals surface area contributed by atoms with Crippen LogP contribution in [0.2, 0.25) is 0 Å². The van der Waals surface area contributed by atoms with E-state index in [9.17, 15) is 0 Å². The first-order chi connectivity index (χ1) is 5.86. The molecular weight excluding hydrogens is 240 g/mol. The highest BCUT2D eigenvalue weighted by molar-refractivity contribution is 8.95. The van der Waals surface area contributed by atoms with Crippen molar-refractivity contribution in [2.24, 2.45) is 0 Å². The normalized spacial score (nSPS) is 18.6. The fourth-order valence-corrected chi connectivity index (χ4v) is 3.98. The molecule has 0 aromatic heterocycles. The van der Waals surface area contributed by atoms with E-state index in [0.717, 1.165) is 0 Å². The molecule has 1 heterocycles. The van der Waals surface area contributed by atoms with Crippen LogP contribution in [0.3, 0.4) is 0 Å². The molecule has 2 rings (SSSR count). The lowest BCUT2D eigenvalue weighted by atomic mass is 10.2. The van der Waals surface area contributed by atoms with Crippen LogP contribution in [0.15, 0.2) is 36.4 Å². The van der Waals surface area contributed by atoms with Crippen LogP contribution in [0.5, 0.6) is 0 Å². The quantitative estimate of drug-likeness (QED) is 0.557. The summed E-state index contributed by atoms with van der Waals surface area (Å²) in [6.45, 7) is 0. The molecule has 1 aliphatic rings. The van der Waals surface area contributed by atoms with E-state index in [4.69, 9.17) is 10.7 Å². The summed E-state index contributed by atoms with van der Waals surface area (Å²) in [7, 11) is 7.53. The Kier molecular flexibility index (Phi) is 6.15. The van der Waals surface area contributed by atoms with Crippen molar-refractivity contribution in [1.82, 2.24) is 0 Å². The molecule has 1 aromatic carbocycles. The minimum Gasteiger partial charge on any atom is -0.412 e. The fourth-order valence-electron chi connectivity index (χ4n) is 1.00. The van der Waals surface area contributed by atoms with Crippen LogP contribution in [0, 0.1) is 0 Å². The van der Waals surface area contributed by atoms with E-state index in [2.05, 4.69) is 18.2 Å². The zero-order valence-electron chi connectivity index (χ0n) is 7.24. The summed E-state index contributed by atoms with van der Waals surface area (Å²) in [4.78, 5) is 1.27. The van der Waals surface area contributed by atoms with E-state index in [0.29, 0.717) is 0 Å². The average Bonchev–Trinajstić information content (AvgIpc) is 2.54. The second-order valence-electron chi connectivity index (χ2n) is 2.36. The first-order valence-corrected chi connectivity index (χ1v) is 6.99. The second kappa shape index (κ2) is 6.27. The Morgan fingerprint density at radius 3 is 2.21 bits per heavy atom. The molecule has 0 amide bonds. The zero-order valence-corrected chi connectivity index (χ0v) is 9.62. The Balaban J connectivity index is 0.000000845. The van der Waals surface area contributed by atoms with E-state index in [-0.39, 0.29) is 19.7 Å². The predicted molar refractivity (Wildman–Crippen MR) is 68.7 cm³/mol. The first kappa shape index (κ1) is 13.7. The van der Waals surface area contributed by atoms with Gasteiger partial charge in [-0.3, -0.25) is 0 Å². The average molecular weight is 251 g/mol. The van der Waals surface area contributed by atoms with Gasteiger partial charge in [-0.25, -0.2) is 0 Å². The van der Waals surface area contributed by atoms with Gasteiger partial charge in [0.15, 0.2) is 0 Å². The monoisotopic (exact) mass is 250 g/mol. The Bertz CT molecular complexity index is 349. The van der Waals surface area contributed by atoms with Gasteiger partial charge in [0.25, 0.3) is 0 Å². The number of rotatable bonds is 1. The molecule has 0 fully saturated rings. The standard InChI is InChI=1S/C9H7ClS2.2H2O/c10-12-7-6-9(11-12)8-4-2-1-3-5-8;;/h1-7H;2*1H2. The molecule has 0 saturated heterocycles. The highest BCUT2D eigenvalue weighted by Crippen LogP contribution is 2.48. The third-order valence-electron chi connectivity index (χ3n) is 1.55. The van der Waals surface area contributed by atoms with Gasteiger partial charge in [-0.2, -0.15) is 0 Å². The SMILES string of the molecule is ClS1=CC=C(c2ccccc2)S1.O.O. The molecule has 0 aliphatic carbocycles. The highest BCUT2D eigenvalue weighted by Gasteiger charge is 2.07. The van der Waals surface area contributed by atoms with Crippen molar-refractivity contribution in [1.29, 1.82) is 0 Å². The maximum absolute atomic E-state index is 5.94. The lowest BCUT2D eigenvalue weighted by Gasteiger charge is -1.99. The van der Waals surface area contributed by atoms with Crippen LogP contribution in [0.25, 0.3) is 4.91 Å². The van der Waals surface area contributed by atoms with Crippen molar-refractivity contribution in [3.8, 4) is 0 Å². The largest absolute Gasteiger partial charge is 0.412 e. The maximum atomic E-state index is 5.94. The molecule has 1 aliphatic heterocycles. The third kappa shape index (κ3) is 3.15. The van der Waals surface area contributed by atoms with Crippen molar-refractivity contribution in [2.75, 3.05) is 0 Å². The van der Waals surface area contributed by atoms with Gasteiger partial charge in [0.2, 0.25) is 0 Å². The lowest BCUT2D eigenvalue weighted by molar-refractivity contribution is 0.823. The van der Waals surface area contributed by atoms with Crippen molar-refractivity contribution < 1.29 is 11.0 Å². The van der Waals surface area contributed by atoms with Gasteiger partial charge in [0.1, 0.15) is 0 Å². The summed E-state index contributed by atoms with van der Waals surface area (Å²) in [5, 5.41) is 2.04. The van der Waals surface area contributed by atoms with Crippen molar-refractivity contribution in [3.05, 3.63) is 42.0 Å². The van der Waals surface area contributed by atoms with Gasteiger partial charge in [-0.05, 0) is 47.2 Å². The molecule has 14 heavy (non-hydrogen) atoms. The van der Waals surface area contributed by atoms with E-state index in [1.54, 1.807) is 10.8 Å². The number of hydrogen-bond donors (Lipinski definition) is 0. The van der Waals surface area contributed by atoms with Crippen LogP contribution in [0.4, 0.5) is 0 Å². The summed E-state index contributed by atoms with van der Waals surface area (Å²) in [6, 6.07) is 10.3. The molecule has 1 aromatic rings. The molecule has 5 heteroatoms. The van der Waals surface area contributed by atoms with Gasteiger partial charge in [0, 0.05) is 4.91 Å². The summed E-state index contributed by atoms with van der Waals surface area (Å²) in [6.07, 6.45) is 2.09. The van der Waals surface area contributed by atoms with Gasteiger partial charge in [0.05, 0.1) is 0 Å². The van der Waals surface area contributed by atoms with E-state index >= 15 is 0 Å². The fraction of sp³-hybridized carbons (Fsp3) is 0. The van der Waals surface area contributed by atoms with Gasteiger partial charge < -0.3 is 11.0 Å². The van der Waals surface area contributed by atoms with Crippen molar-refractivity contribution >= 4 is 40.5 Å². The molecule has 0 radical (unpaired) electrons. The van der Waals surface area contributed by atoms with E-state index in [1.807, 2.05) is 23.6 Å². The highest BCUT2D eigenvalue weighted by atomic mass is 35.7. The molecule has 0 spiro atoms. The van der Waals surface area contributed by atoms with Crippen LogP contribution < -0.4 is 0 Å². The molecule has 78 valence electrons. The predicted octanol–water partition coefficient (Wildman–Crippen LogP) is 2.26. The second-order valence-corrected chi connectivity index (χ2v) is 6.86. The number of halogens is 1. The smallest absolute Gasteiger partial charge is 0.0267 e. The topological polar surface area (TPSA) is 63.0 Å². The van der Waals surface area contributed by atoms with Crippen LogP contribution >= 0.6 is 30.2 Å². The van der Waals surface area contributed by atoms with Gasteiger partial charge >= 0.3 is 0 Å². The summed E-state index contributed by atoms with van der Waals surface area (Å²) >= 11 is 0. The van der Waals surface area contributed by atoms with Crippen molar-refractivity contribution in [2.45, 2.75) is 0 Å². The number of benzene rings is 1. The van der Waals surface area contributed by atoms with Crippen LogP contribution in [0.1, 0.15) is 5.56 Å². The minimum absolute atomic E-state index is 0. The number of allylic oxidation sites excluding steroid dienone is 1. The van der Waals surface area contributed by atoms with Crippen LogP contribution in [-0.4, -0.2) is 16.3 Å². The molecule has 1 unspecified atom stereocenters. The Morgan fingerprint density at radius 2 is 1.71 bits per heavy atom. The Morgan fingerprint density at radius 1 is 1.07 bits per heavy atom. The Hall–Kier alpha value is -0.260. The maximum Gasteiger partial charge on any atom is 0.0267 e.